The summed E-state index contributed by atoms with van der Waals surface area (Å²) in [7, 11) is 0. The van der Waals surface area contributed by atoms with Gasteiger partial charge in [-0.25, -0.2) is 4.98 Å². The number of nitrogens with one attached hydrogen (secondary N) is 1. The largest absolute Gasteiger partial charge is 0.307 e. The van der Waals surface area contributed by atoms with Gasteiger partial charge < -0.3 is 5.32 Å². The summed E-state index contributed by atoms with van der Waals surface area (Å²) < 4.78 is 1.96. The van der Waals surface area contributed by atoms with Crippen molar-refractivity contribution in [2.75, 3.05) is 6.54 Å². The first-order valence-electron chi connectivity index (χ1n) is 5.47. The molecule has 0 saturated heterocycles. The van der Waals surface area contributed by atoms with Crippen molar-refractivity contribution in [3.63, 3.8) is 0 Å². The number of aromatic nitrogens is 2. The lowest BCUT2D eigenvalue weighted by Gasteiger charge is -1.99. The molecular weight excluding hydrogens is 222 g/mol. The Morgan fingerprint density at radius 3 is 3.25 bits per heavy atom. The Morgan fingerprint density at radius 1 is 1.62 bits per heavy atom. The second kappa shape index (κ2) is 3.99. The number of thiazole rings is 1. The summed E-state index contributed by atoms with van der Waals surface area (Å²) >= 11 is 1.59. The maximum atomic E-state index is 11.6. The third kappa shape index (κ3) is 2.15. The van der Waals surface area contributed by atoms with Crippen LogP contribution in [0.5, 0.6) is 0 Å². The van der Waals surface area contributed by atoms with Gasteiger partial charge in [0.15, 0.2) is 10.7 Å². The number of rotatable bonds is 5. The van der Waals surface area contributed by atoms with Gasteiger partial charge in [0, 0.05) is 23.8 Å². The minimum atomic E-state index is 0.220. The van der Waals surface area contributed by atoms with E-state index in [-0.39, 0.29) is 5.78 Å². The molecule has 0 unspecified atom stereocenters. The van der Waals surface area contributed by atoms with Crippen molar-refractivity contribution in [2.24, 2.45) is 0 Å². The van der Waals surface area contributed by atoms with Crippen LogP contribution in [0.2, 0.25) is 0 Å². The zero-order valence-electron chi connectivity index (χ0n) is 8.85. The monoisotopic (exact) mass is 235 g/mol. The van der Waals surface area contributed by atoms with Crippen LogP contribution in [-0.2, 0) is 11.2 Å². The van der Waals surface area contributed by atoms with Gasteiger partial charge in [-0.2, -0.15) is 0 Å². The fourth-order valence-electron chi connectivity index (χ4n) is 1.67. The van der Waals surface area contributed by atoms with Gasteiger partial charge in [0.2, 0.25) is 0 Å². The van der Waals surface area contributed by atoms with E-state index in [0.717, 1.165) is 10.7 Å². The Morgan fingerprint density at radius 2 is 2.50 bits per heavy atom. The van der Waals surface area contributed by atoms with Crippen molar-refractivity contribution in [3.05, 3.63) is 23.5 Å². The summed E-state index contributed by atoms with van der Waals surface area (Å²) in [6.07, 6.45) is 6.76. The highest BCUT2D eigenvalue weighted by molar-refractivity contribution is 7.15. The molecule has 0 aromatic carbocycles. The number of carbonyl (C=O) groups excluding carboxylic acids is 1. The van der Waals surface area contributed by atoms with Crippen molar-refractivity contribution in [3.8, 4) is 0 Å². The summed E-state index contributed by atoms with van der Waals surface area (Å²) in [6, 6.07) is 0.592. The highest BCUT2D eigenvalue weighted by Gasteiger charge is 2.21. The van der Waals surface area contributed by atoms with E-state index < -0.39 is 0 Å². The molecule has 2 heterocycles. The third-order valence-electron chi connectivity index (χ3n) is 2.69. The maximum Gasteiger partial charge on any atom is 0.193 e. The third-order valence-corrected chi connectivity index (χ3v) is 3.46. The van der Waals surface area contributed by atoms with Crippen molar-refractivity contribution in [1.82, 2.24) is 14.7 Å². The molecule has 3 rings (SSSR count). The zero-order chi connectivity index (χ0) is 11.0. The smallest absolute Gasteiger partial charge is 0.193 e. The van der Waals surface area contributed by atoms with Crippen LogP contribution in [0.1, 0.15) is 18.5 Å². The molecule has 2 aromatic rings. The molecule has 1 saturated carbocycles. The molecule has 1 aliphatic rings. The molecule has 84 valence electrons. The molecule has 16 heavy (non-hydrogen) atoms. The molecule has 5 heteroatoms. The van der Waals surface area contributed by atoms with Gasteiger partial charge in [0.25, 0.3) is 0 Å². The summed E-state index contributed by atoms with van der Waals surface area (Å²) in [5.41, 5.74) is 0.870. The number of Topliss-reactive ketones (excluding diaryl/α,β-unsaturated/α-hetero) is 1. The van der Waals surface area contributed by atoms with Crippen molar-refractivity contribution in [2.45, 2.75) is 25.3 Å². The Kier molecular flexibility index (Phi) is 2.49. The minimum Gasteiger partial charge on any atom is -0.307 e. The maximum absolute atomic E-state index is 11.6. The fraction of sp³-hybridized carbons (Fsp3) is 0.455. The van der Waals surface area contributed by atoms with Crippen LogP contribution < -0.4 is 5.32 Å². The second-order valence-electron chi connectivity index (χ2n) is 4.20. The molecule has 0 spiro atoms. The van der Waals surface area contributed by atoms with E-state index in [1.165, 1.54) is 12.8 Å². The van der Waals surface area contributed by atoms with E-state index in [0.29, 0.717) is 19.0 Å². The quantitative estimate of drug-likeness (QED) is 0.848. The molecule has 0 radical (unpaired) electrons. The zero-order valence-corrected chi connectivity index (χ0v) is 9.67. The molecule has 1 aliphatic carbocycles. The lowest BCUT2D eigenvalue weighted by Crippen LogP contribution is -2.25. The Balaban J connectivity index is 1.60. The number of ketones is 1. The van der Waals surface area contributed by atoms with E-state index in [4.69, 9.17) is 0 Å². The lowest BCUT2D eigenvalue weighted by atomic mass is 10.2. The van der Waals surface area contributed by atoms with E-state index in [2.05, 4.69) is 10.3 Å². The van der Waals surface area contributed by atoms with Crippen LogP contribution >= 0.6 is 11.3 Å². The van der Waals surface area contributed by atoms with Gasteiger partial charge in [0.05, 0.1) is 18.7 Å². The first kappa shape index (κ1) is 9.99. The Bertz CT molecular complexity index is 484. The highest BCUT2D eigenvalue weighted by Crippen LogP contribution is 2.18. The van der Waals surface area contributed by atoms with E-state index in [1.54, 1.807) is 11.3 Å². The van der Waals surface area contributed by atoms with Crippen LogP contribution in [0.15, 0.2) is 17.8 Å². The molecule has 0 amide bonds. The van der Waals surface area contributed by atoms with E-state index >= 15 is 0 Å². The molecule has 1 fully saturated rings. The van der Waals surface area contributed by atoms with Crippen molar-refractivity contribution < 1.29 is 4.79 Å². The average Bonchev–Trinajstić information content (AvgIpc) is 2.86. The number of fused-ring (bicyclic) bond motifs is 1. The van der Waals surface area contributed by atoms with Crippen molar-refractivity contribution in [1.29, 1.82) is 0 Å². The molecule has 4 nitrogen and oxygen atoms in total. The SMILES string of the molecule is O=C(CNC1CC1)Cc1cn2ccsc2n1. The fourth-order valence-corrected chi connectivity index (χ4v) is 2.39. The first-order chi connectivity index (χ1) is 7.81. The topological polar surface area (TPSA) is 46.4 Å². The predicted molar refractivity (Wildman–Crippen MR) is 62.8 cm³/mol. The van der Waals surface area contributed by atoms with Crippen LogP contribution in [0.25, 0.3) is 4.96 Å². The predicted octanol–water partition coefficient (Wildman–Crippen LogP) is 1.26. The van der Waals surface area contributed by atoms with Crippen molar-refractivity contribution >= 4 is 22.1 Å². The van der Waals surface area contributed by atoms with Gasteiger partial charge in [-0.15, -0.1) is 11.3 Å². The molecular formula is C11H13N3OS. The number of nitrogens with zero attached hydrogens (tertiary/aromatic N) is 2. The Hall–Kier alpha value is -1.20. The molecule has 0 aliphatic heterocycles. The highest BCUT2D eigenvalue weighted by atomic mass is 32.1. The van der Waals surface area contributed by atoms with E-state index in [1.807, 2.05) is 22.2 Å². The Labute approximate surface area is 97.3 Å². The van der Waals surface area contributed by atoms with Crippen LogP contribution in [0.3, 0.4) is 0 Å². The number of hydrogen-bond donors (Lipinski definition) is 1. The van der Waals surface area contributed by atoms with Gasteiger partial charge in [0.1, 0.15) is 0 Å². The second-order valence-corrected chi connectivity index (χ2v) is 5.07. The van der Waals surface area contributed by atoms with Gasteiger partial charge in [-0.05, 0) is 12.8 Å². The van der Waals surface area contributed by atoms with Gasteiger partial charge >= 0.3 is 0 Å². The van der Waals surface area contributed by atoms with Crippen LogP contribution in [-0.4, -0.2) is 27.8 Å². The number of carbonyl (C=O) groups is 1. The summed E-state index contributed by atoms with van der Waals surface area (Å²) in [5.74, 6) is 0.220. The number of imidazole rings is 1. The molecule has 0 atom stereocenters. The summed E-state index contributed by atoms with van der Waals surface area (Å²) in [4.78, 5) is 17.0. The average molecular weight is 235 g/mol. The standard InChI is InChI=1S/C11H13N3OS/c15-10(6-12-8-1-2-8)5-9-7-14-3-4-16-11(14)13-9/h3-4,7-8,12H,1-2,5-6H2. The van der Waals surface area contributed by atoms with Gasteiger partial charge in [-0.3, -0.25) is 9.20 Å². The normalized spacial score (nSPS) is 15.8. The molecule has 0 bridgehead atoms. The van der Waals surface area contributed by atoms with E-state index in [9.17, 15) is 4.79 Å². The molecule has 1 N–H and O–H groups in total. The minimum absolute atomic E-state index is 0.220. The van der Waals surface area contributed by atoms with Crippen LogP contribution in [0.4, 0.5) is 0 Å². The first-order valence-corrected chi connectivity index (χ1v) is 6.35. The number of hydrogen-bond acceptors (Lipinski definition) is 4. The lowest BCUT2D eigenvalue weighted by molar-refractivity contribution is -0.117. The van der Waals surface area contributed by atoms with Crippen LogP contribution in [0, 0.1) is 0 Å². The summed E-state index contributed by atoms with van der Waals surface area (Å²) in [5, 5.41) is 5.21. The van der Waals surface area contributed by atoms with Gasteiger partial charge in [-0.1, -0.05) is 0 Å². The summed E-state index contributed by atoms with van der Waals surface area (Å²) in [6.45, 7) is 0.482. The molecule has 2 aromatic heterocycles.